The van der Waals surface area contributed by atoms with Crippen LogP contribution in [0.5, 0.6) is 5.75 Å². The van der Waals surface area contributed by atoms with Gasteiger partial charge in [0.15, 0.2) is 0 Å². The third-order valence-corrected chi connectivity index (χ3v) is 6.80. The average Bonchev–Trinajstić information content (AvgIpc) is 2.65. The number of carbonyl (C=O) groups is 1. The number of carbonyl (C=O) groups excluding carboxylic acids is 1. The van der Waals surface area contributed by atoms with Crippen LogP contribution >= 0.6 is 15.9 Å². The molecule has 1 amide bonds. The lowest BCUT2D eigenvalue weighted by Gasteiger charge is -2.24. The van der Waals surface area contributed by atoms with E-state index < -0.39 is 14.2 Å². The molecule has 2 aromatic carbocycles. The van der Waals surface area contributed by atoms with E-state index in [1.54, 1.807) is 18.0 Å². The maximum atomic E-state index is 13.8. The van der Waals surface area contributed by atoms with E-state index >= 15 is 0 Å². The van der Waals surface area contributed by atoms with Crippen molar-refractivity contribution in [3.8, 4) is 5.75 Å². The molecule has 4 nitrogen and oxygen atoms in total. The van der Waals surface area contributed by atoms with Crippen molar-refractivity contribution in [2.24, 2.45) is 0 Å². The average molecular weight is 482 g/mol. The molecule has 29 heavy (non-hydrogen) atoms. The number of nitrogens with zero attached hydrogens (tertiary/aromatic N) is 1. The van der Waals surface area contributed by atoms with Gasteiger partial charge in [0, 0.05) is 28.1 Å². The summed E-state index contributed by atoms with van der Waals surface area (Å²) in [5, 5.41) is 0. The van der Waals surface area contributed by atoms with Crippen molar-refractivity contribution in [1.29, 1.82) is 0 Å². The first-order valence-corrected chi connectivity index (χ1v) is 14.2. The summed E-state index contributed by atoms with van der Waals surface area (Å²) in [4.78, 5) is 13.8. The summed E-state index contributed by atoms with van der Waals surface area (Å²) in [5.41, 5.74) is 0.723. The van der Waals surface area contributed by atoms with E-state index in [-0.39, 0.29) is 11.9 Å². The zero-order valence-electron chi connectivity index (χ0n) is 17.5. The maximum absolute atomic E-state index is 13.8. The van der Waals surface area contributed by atoms with E-state index in [0.29, 0.717) is 25.3 Å². The van der Waals surface area contributed by atoms with Crippen molar-refractivity contribution in [3.05, 3.63) is 64.4 Å². The van der Waals surface area contributed by atoms with E-state index in [0.717, 1.165) is 16.1 Å². The second-order valence-corrected chi connectivity index (χ2v) is 14.7. The van der Waals surface area contributed by atoms with Gasteiger partial charge in [-0.05, 0) is 51.8 Å². The van der Waals surface area contributed by atoms with E-state index in [2.05, 4.69) is 35.6 Å². The smallest absolute Gasteiger partial charge is 0.409 e. The third kappa shape index (κ3) is 8.18. The Morgan fingerprint density at radius 2 is 1.90 bits per heavy atom. The molecule has 0 saturated carbocycles. The van der Waals surface area contributed by atoms with Gasteiger partial charge in [0.2, 0.25) is 0 Å². The molecule has 0 saturated heterocycles. The van der Waals surface area contributed by atoms with Crippen LogP contribution in [0.25, 0.3) is 0 Å². The largest absolute Gasteiger partial charge is 0.484 e. The molecular weight excluding hydrogens is 453 g/mol. The molecule has 0 radical (unpaired) electrons. The Morgan fingerprint density at radius 3 is 2.55 bits per heavy atom. The van der Waals surface area contributed by atoms with Crippen LogP contribution in [0.3, 0.4) is 0 Å². The lowest BCUT2D eigenvalue weighted by atomic mass is 10.1. The highest BCUT2D eigenvalue weighted by Crippen LogP contribution is 2.31. The summed E-state index contributed by atoms with van der Waals surface area (Å²) in [6.45, 7) is 7.60. The number of rotatable bonds is 9. The summed E-state index contributed by atoms with van der Waals surface area (Å²) < 4.78 is 26.1. The van der Waals surface area contributed by atoms with Crippen LogP contribution in [0.1, 0.15) is 18.1 Å². The second kappa shape index (κ2) is 10.8. The number of halogens is 2. The molecule has 0 aromatic heterocycles. The molecule has 158 valence electrons. The minimum absolute atomic E-state index is 0.317. The Morgan fingerprint density at radius 1 is 1.17 bits per heavy atom. The Hall–Kier alpha value is -1.86. The van der Waals surface area contributed by atoms with E-state index in [4.69, 9.17) is 9.47 Å². The van der Waals surface area contributed by atoms with Gasteiger partial charge in [-0.25, -0.2) is 9.18 Å². The quantitative estimate of drug-likeness (QED) is 0.383. The SMILES string of the molecule is CN(CCC(Oc1ccccc1Br)c1cccc(F)c1)C(=O)OCC[Si](C)(C)C. The highest BCUT2D eigenvalue weighted by atomic mass is 79.9. The summed E-state index contributed by atoms with van der Waals surface area (Å²) in [6.07, 6.45) is -0.242. The molecule has 0 fully saturated rings. The monoisotopic (exact) mass is 481 g/mol. The molecule has 0 aliphatic carbocycles. The summed E-state index contributed by atoms with van der Waals surface area (Å²) in [6, 6.07) is 14.8. The second-order valence-electron chi connectivity index (χ2n) is 8.23. The molecule has 0 spiro atoms. The molecule has 7 heteroatoms. The van der Waals surface area contributed by atoms with Crippen molar-refractivity contribution in [1.82, 2.24) is 4.90 Å². The first-order valence-electron chi connectivity index (χ1n) is 9.70. The van der Waals surface area contributed by atoms with E-state index in [1.807, 2.05) is 30.3 Å². The van der Waals surface area contributed by atoms with Gasteiger partial charge in [0.05, 0.1) is 11.1 Å². The van der Waals surface area contributed by atoms with Crippen LogP contribution in [-0.2, 0) is 4.74 Å². The lowest BCUT2D eigenvalue weighted by molar-refractivity contribution is 0.107. The van der Waals surface area contributed by atoms with Crippen molar-refractivity contribution in [2.75, 3.05) is 20.2 Å². The highest BCUT2D eigenvalue weighted by molar-refractivity contribution is 9.10. The number of para-hydroxylation sites is 1. The van der Waals surface area contributed by atoms with Gasteiger partial charge in [0.1, 0.15) is 17.7 Å². The fourth-order valence-corrected chi connectivity index (χ4v) is 3.74. The van der Waals surface area contributed by atoms with Crippen LogP contribution in [0.15, 0.2) is 53.0 Å². The Kier molecular flexibility index (Phi) is 8.71. The Labute approximate surface area is 182 Å². The standard InChI is InChI=1S/C22H29BrFNO3Si/c1-25(22(26)27-14-15-29(2,3)4)13-12-20(17-8-7-9-18(24)16-17)28-21-11-6-5-10-19(21)23/h5-11,16,20H,12-15H2,1-4H3. The molecule has 2 rings (SSSR count). The maximum Gasteiger partial charge on any atom is 0.409 e. The van der Waals surface area contributed by atoms with E-state index in [1.165, 1.54) is 12.1 Å². The summed E-state index contributed by atoms with van der Waals surface area (Å²) in [7, 11) is 0.457. The van der Waals surface area contributed by atoms with Crippen LogP contribution in [0.4, 0.5) is 9.18 Å². The molecule has 0 aliphatic heterocycles. The predicted octanol–water partition coefficient (Wildman–Crippen LogP) is 6.51. The van der Waals surface area contributed by atoms with Gasteiger partial charge in [-0.15, -0.1) is 0 Å². The molecular formula is C22H29BrFNO3Si. The van der Waals surface area contributed by atoms with Gasteiger partial charge >= 0.3 is 6.09 Å². The Balaban J connectivity index is 2.02. The third-order valence-electron chi connectivity index (χ3n) is 4.44. The summed E-state index contributed by atoms with van der Waals surface area (Å²) >= 11 is 3.48. The fraction of sp³-hybridized carbons (Fsp3) is 0.409. The van der Waals surface area contributed by atoms with Gasteiger partial charge in [0.25, 0.3) is 0 Å². The number of hydrogen-bond donors (Lipinski definition) is 0. The van der Waals surface area contributed by atoms with Crippen molar-refractivity contribution < 1.29 is 18.7 Å². The number of benzene rings is 2. The highest BCUT2D eigenvalue weighted by Gasteiger charge is 2.20. The van der Waals surface area contributed by atoms with Crippen molar-refractivity contribution in [3.63, 3.8) is 0 Å². The number of hydrogen-bond acceptors (Lipinski definition) is 3. The van der Waals surface area contributed by atoms with E-state index in [9.17, 15) is 9.18 Å². The van der Waals surface area contributed by atoms with Crippen molar-refractivity contribution >= 4 is 30.1 Å². The minimum atomic E-state index is -1.25. The zero-order valence-corrected chi connectivity index (χ0v) is 20.0. The first-order chi connectivity index (χ1) is 13.7. The van der Waals surface area contributed by atoms with Gasteiger partial charge in [-0.1, -0.05) is 43.9 Å². The topological polar surface area (TPSA) is 38.8 Å². The van der Waals surface area contributed by atoms with Crippen LogP contribution in [-0.4, -0.2) is 39.3 Å². The van der Waals surface area contributed by atoms with Gasteiger partial charge < -0.3 is 14.4 Å². The minimum Gasteiger partial charge on any atom is -0.484 e. The number of amides is 1. The van der Waals surface area contributed by atoms with Gasteiger partial charge in [-0.3, -0.25) is 0 Å². The molecule has 1 atom stereocenters. The van der Waals surface area contributed by atoms with Crippen LogP contribution in [0.2, 0.25) is 25.7 Å². The summed E-state index contributed by atoms with van der Waals surface area (Å²) in [5.74, 6) is 0.351. The molecule has 1 unspecified atom stereocenters. The van der Waals surface area contributed by atoms with Crippen LogP contribution < -0.4 is 4.74 Å². The predicted molar refractivity (Wildman–Crippen MR) is 121 cm³/mol. The van der Waals surface area contributed by atoms with Gasteiger partial charge in [-0.2, -0.15) is 0 Å². The first kappa shape index (κ1) is 23.4. The van der Waals surface area contributed by atoms with Crippen LogP contribution in [0, 0.1) is 5.82 Å². The van der Waals surface area contributed by atoms with Crippen molar-refractivity contribution in [2.45, 2.75) is 38.2 Å². The lowest BCUT2D eigenvalue weighted by Crippen LogP contribution is -2.31. The fourth-order valence-electron chi connectivity index (χ4n) is 2.65. The molecule has 0 bridgehead atoms. The number of ether oxygens (including phenoxy) is 2. The Bertz CT molecular complexity index is 813. The normalized spacial score (nSPS) is 12.3. The zero-order chi connectivity index (χ0) is 21.4. The molecule has 0 aliphatic rings. The molecule has 2 aromatic rings. The molecule has 0 heterocycles. The molecule has 0 N–H and O–H groups in total.